The van der Waals surface area contributed by atoms with Gasteiger partial charge in [-0.3, -0.25) is 4.79 Å². The van der Waals surface area contributed by atoms with E-state index in [0.717, 1.165) is 5.56 Å². The lowest BCUT2D eigenvalue weighted by atomic mass is 10.1. The summed E-state index contributed by atoms with van der Waals surface area (Å²) in [5.74, 6) is -0.353. The van der Waals surface area contributed by atoms with Crippen LogP contribution in [0.2, 0.25) is 5.02 Å². The molecule has 9 heteroatoms. The van der Waals surface area contributed by atoms with E-state index < -0.39 is 10.0 Å². The van der Waals surface area contributed by atoms with Crippen LogP contribution in [0.4, 0.5) is 5.69 Å². The highest BCUT2D eigenvalue weighted by atomic mass is 35.5. The predicted octanol–water partition coefficient (Wildman–Crippen LogP) is 1.80. The summed E-state index contributed by atoms with van der Waals surface area (Å²) < 4.78 is 28.8. The van der Waals surface area contributed by atoms with Gasteiger partial charge >= 0.3 is 0 Å². The highest BCUT2D eigenvalue weighted by Gasteiger charge is 2.21. The third-order valence-corrected chi connectivity index (χ3v) is 5.63. The number of amides is 1. The van der Waals surface area contributed by atoms with Gasteiger partial charge < -0.3 is 15.0 Å². The van der Waals surface area contributed by atoms with Crippen molar-refractivity contribution in [3.05, 3.63) is 58.6 Å². The second kappa shape index (κ2) is 8.91. The van der Waals surface area contributed by atoms with Crippen LogP contribution in [0.25, 0.3) is 0 Å². The van der Waals surface area contributed by atoms with Gasteiger partial charge in [0.2, 0.25) is 10.0 Å². The van der Waals surface area contributed by atoms with Crippen molar-refractivity contribution >= 4 is 33.2 Å². The summed E-state index contributed by atoms with van der Waals surface area (Å²) in [6.07, 6.45) is 0.605. The lowest BCUT2D eigenvalue weighted by Gasteiger charge is -2.30. The lowest BCUT2D eigenvalue weighted by molar-refractivity contribution is 0.0952. The van der Waals surface area contributed by atoms with E-state index in [-0.39, 0.29) is 16.4 Å². The molecule has 0 saturated carbocycles. The standard InChI is InChI=1S/C19H22ClN3O4S/c20-15-3-1-2-14(12-15)6-7-22-19(24)17-13-16(28(21,25)26)4-5-18(17)23-8-10-27-11-9-23/h1-5,12-13H,6-11H2,(H,22,24)(H2,21,25,26). The fourth-order valence-electron chi connectivity index (χ4n) is 3.06. The molecular formula is C19H22ClN3O4S. The second-order valence-electron chi connectivity index (χ2n) is 6.46. The molecule has 0 aromatic heterocycles. The van der Waals surface area contributed by atoms with E-state index in [0.29, 0.717) is 50.0 Å². The molecule has 0 bridgehead atoms. The Morgan fingerprint density at radius 3 is 2.61 bits per heavy atom. The molecule has 3 rings (SSSR count). The topological polar surface area (TPSA) is 102 Å². The van der Waals surface area contributed by atoms with Crippen LogP contribution in [-0.2, 0) is 21.2 Å². The van der Waals surface area contributed by atoms with Crippen molar-refractivity contribution in [3.8, 4) is 0 Å². The second-order valence-corrected chi connectivity index (χ2v) is 8.46. The zero-order chi connectivity index (χ0) is 20.1. The number of hydrogen-bond acceptors (Lipinski definition) is 5. The zero-order valence-electron chi connectivity index (χ0n) is 15.2. The Balaban J connectivity index is 1.79. The van der Waals surface area contributed by atoms with E-state index in [1.165, 1.54) is 12.1 Å². The Morgan fingerprint density at radius 2 is 1.93 bits per heavy atom. The average molecular weight is 424 g/mol. The summed E-state index contributed by atoms with van der Waals surface area (Å²) in [6, 6.07) is 11.8. The third-order valence-electron chi connectivity index (χ3n) is 4.48. The fraction of sp³-hybridized carbons (Fsp3) is 0.316. The van der Waals surface area contributed by atoms with E-state index >= 15 is 0 Å². The molecule has 150 valence electrons. The summed E-state index contributed by atoms with van der Waals surface area (Å²) in [5, 5.41) is 8.73. The summed E-state index contributed by atoms with van der Waals surface area (Å²) >= 11 is 5.98. The maximum atomic E-state index is 12.8. The third kappa shape index (κ3) is 5.23. The molecule has 0 radical (unpaired) electrons. The maximum absolute atomic E-state index is 12.8. The number of halogens is 1. The van der Waals surface area contributed by atoms with E-state index in [1.807, 2.05) is 23.1 Å². The number of nitrogens with two attached hydrogens (primary N) is 1. The van der Waals surface area contributed by atoms with Gasteiger partial charge in [0.15, 0.2) is 0 Å². The summed E-state index contributed by atoms with van der Waals surface area (Å²) in [5.41, 5.74) is 1.94. The number of carbonyl (C=O) groups is 1. The number of ether oxygens (including phenoxy) is 1. The Hall–Kier alpha value is -2.13. The minimum Gasteiger partial charge on any atom is -0.378 e. The highest BCUT2D eigenvalue weighted by molar-refractivity contribution is 7.89. The number of rotatable bonds is 6. The summed E-state index contributed by atoms with van der Waals surface area (Å²) in [7, 11) is -3.91. The van der Waals surface area contributed by atoms with Crippen LogP contribution < -0.4 is 15.4 Å². The Labute approximate surface area is 169 Å². The number of primary sulfonamides is 1. The molecule has 2 aromatic rings. The molecule has 1 amide bonds. The van der Waals surface area contributed by atoms with Gasteiger partial charge in [0.1, 0.15) is 0 Å². The number of nitrogens with one attached hydrogen (secondary N) is 1. The zero-order valence-corrected chi connectivity index (χ0v) is 16.8. The van der Waals surface area contributed by atoms with Gasteiger partial charge in [0.05, 0.1) is 23.7 Å². The number of benzene rings is 2. The molecule has 0 aliphatic carbocycles. The largest absolute Gasteiger partial charge is 0.378 e. The van der Waals surface area contributed by atoms with E-state index in [4.69, 9.17) is 21.5 Å². The minimum absolute atomic E-state index is 0.0931. The Bertz CT molecular complexity index is 959. The van der Waals surface area contributed by atoms with Crippen LogP contribution >= 0.6 is 11.6 Å². The first-order valence-corrected chi connectivity index (χ1v) is 10.8. The van der Waals surface area contributed by atoms with Gasteiger partial charge in [-0.1, -0.05) is 23.7 Å². The number of anilines is 1. The van der Waals surface area contributed by atoms with Crippen molar-refractivity contribution < 1.29 is 17.9 Å². The molecule has 1 fully saturated rings. The van der Waals surface area contributed by atoms with Crippen LogP contribution in [0.3, 0.4) is 0 Å². The van der Waals surface area contributed by atoms with E-state index in [9.17, 15) is 13.2 Å². The number of carbonyl (C=O) groups excluding carboxylic acids is 1. The number of hydrogen-bond donors (Lipinski definition) is 2. The molecule has 1 aliphatic heterocycles. The monoisotopic (exact) mass is 423 g/mol. The van der Waals surface area contributed by atoms with Crippen LogP contribution in [0.5, 0.6) is 0 Å². The molecule has 1 saturated heterocycles. The Morgan fingerprint density at radius 1 is 1.18 bits per heavy atom. The molecule has 28 heavy (non-hydrogen) atoms. The quantitative estimate of drug-likeness (QED) is 0.737. The number of nitrogens with zero attached hydrogens (tertiary/aromatic N) is 1. The van der Waals surface area contributed by atoms with Crippen molar-refractivity contribution in [3.63, 3.8) is 0 Å². The normalized spacial score (nSPS) is 14.7. The highest BCUT2D eigenvalue weighted by Crippen LogP contribution is 2.25. The first-order chi connectivity index (χ1) is 13.3. The predicted molar refractivity (Wildman–Crippen MR) is 108 cm³/mol. The van der Waals surface area contributed by atoms with E-state index in [1.54, 1.807) is 12.1 Å². The van der Waals surface area contributed by atoms with Crippen molar-refractivity contribution in [1.29, 1.82) is 0 Å². The smallest absolute Gasteiger partial charge is 0.253 e. The lowest BCUT2D eigenvalue weighted by Crippen LogP contribution is -2.38. The molecular weight excluding hydrogens is 402 g/mol. The molecule has 1 aliphatic rings. The van der Waals surface area contributed by atoms with Gasteiger partial charge in [-0.2, -0.15) is 0 Å². The summed E-state index contributed by atoms with van der Waals surface area (Å²) in [4.78, 5) is 14.7. The average Bonchev–Trinajstić information content (AvgIpc) is 2.67. The maximum Gasteiger partial charge on any atom is 0.253 e. The molecule has 1 heterocycles. The summed E-state index contributed by atoms with van der Waals surface area (Å²) in [6.45, 7) is 2.73. The molecule has 3 N–H and O–H groups in total. The van der Waals surface area contributed by atoms with Gasteiger partial charge in [-0.15, -0.1) is 0 Å². The Kier molecular flexibility index (Phi) is 6.56. The SMILES string of the molecule is NS(=O)(=O)c1ccc(N2CCOCC2)c(C(=O)NCCc2cccc(Cl)c2)c1. The molecule has 0 atom stereocenters. The van der Waals surface area contributed by atoms with Crippen LogP contribution in [0.15, 0.2) is 47.4 Å². The van der Waals surface area contributed by atoms with Gasteiger partial charge in [-0.05, 0) is 42.3 Å². The van der Waals surface area contributed by atoms with Crippen LogP contribution in [0.1, 0.15) is 15.9 Å². The number of sulfonamides is 1. The van der Waals surface area contributed by atoms with Crippen molar-refractivity contribution in [1.82, 2.24) is 5.32 Å². The van der Waals surface area contributed by atoms with Crippen LogP contribution in [-0.4, -0.2) is 47.2 Å². The minimum atomic E-state index is -3.91. The molecule has 0 unspecified atom stereocenters. The van der Waals surface area contributed by atoms with Crippen LogP contribution in [0, 0.1) is 0 Å². The number of morpholine rings is 1. The van der Waals surface area contributed by atoms with E-state index in [2.05, 4.69) is 5.32 Å². The molecule has 7 nitrogen and oxygen atoms in total. The van der Waals surface area contributed by atoms with Gasteiger partial charge in [-0.25, -0.2) is 13.6 Å². The van der Waals surface area contributed by atoms with Crippen molar-refractivity contribution in [2.45, 2.75) is 11.3 Å². The molecule has 2 aromatic carbocycles. The van der Waals surface area contributed by atoms with Gasteiger partial charge in [0, 0.05) is 30.3 Å². The molecule has 0 spiro atoms. The van der Waals surface area contributed by atoms with Gasteiger partial charge in [0.25, 0.3) is 5.91 Å². The van der Waals surface area contributed by atoms with Crippen molar-refractivity contribution in [2.75, 3.05) is 37.7 Å². The first-order valence-electron chi connectivity index (χ1n) is 8.87. The first kappa shape index (κ1) is 20.6. The van der Waals surface area contributed by atoms with Crippen molar-refractivity contribution in [2.24, 2.45) is 5.14 Å². The fourth-order valence-corrected chi connectivity index (χ4v) is 3.81.